The highest BCUT2D eigenvalue weighted by Gasteiger charge is 2.43. The van der Waals surface area contributed by atoms with Gasteiger partial charge in [0, 0.05) is 30.8 Å². The third-order valence-corrected chi connectivity index (χ3v) is 5.90. The normalized spacial score (nSPS) is 24.1. The molecule has 7 heteroatoms. The fourth-order valence-electron chi connectivity index (χ4n) is 4.46. The van der Waals surface area contributed by atoms with E-state index in [9.17, 15) is 14.4 Å². The van der Waals surface area contributed by atoms with Crippen LogP contribution in [0.5, 0.6) is 0 Å². The third-order valence-electron chi connectivity index (χ3n) is 5.90. The van der Waals surface area contributed by atoms with Crippen molar-refractivity contribution in [2.45, 2.75) is 57.3 Å². The van der Waals surface area contributed by atoms with Gasteiger partial charge in [-0.25, -0.2) is 4.39 Å². The third kappa shape index (κ3) is 3.52. The maximum atomic E-state index is 14.7. The number of hydrogen-bond acceptors (Lipinski definition) is 4. The van der Waals surface area contributed by atoms with Gasteiger partial charge < -0.3 is 10.6 Å². The lowest BCUT2D eigenvalue weighted by Crippen LogP contribution is -2.50. The Hall–Kier alpha value is -2.72. The first-order chi connectivity index (χ1) is 13.6. The molecule has 146 valence electrons. The van der Waals surface area contributed by atoms with Crippen LogP contribution in [0.25, 0.3) is 11.3 Å². The van der Waals surface area contributed by atoms with Gasteiger partial charge in [-0.3, -0.25) is 9.48 Å². The Morgan fingerprint density at radius 2 is 2.32 bits per heavy atom. The summed E-state index contributed by atoms with van der Waals surface area (Å²) in [6.45, 7) is 2.68. The predicted octanol–water partition coefficient (Wildman–Crippen LogP) is 2.40. The molecule has 1 aromatic heterocycles. The van der Waals surface area contributed by atoms with Gasteiger partial charge in [0.2, 0.25) is 5.91 Å². The first-order valence-electron chi connectivity index (χ1n) is 9.85. The molecule has 6 nitrogen and oxygen atoms in total. The lowest BCUT2D eigenvalue weighted by atomic mass is 9.98. The number of aryl methyl sites for hydroxylation is 1. The molecule has 1 aliphatic heterocycles. The number of nitrogens with one attached hydrogen (secondary N) is 2. The number of halogens is 1. The Bertz CT molecular complexity index is 918. The molecule has 2 aromatic rings. The lowest BCUT2D eigenvalue weighted by Gasteiger charge is -2.23. The van der Waals surface area contributed by atoms with Gasteiger partial charge in [0.25, 0.3) is 0 Å². The average molecular weight is 381 g/mol. The molecule has 1 saturated heterocycles. The van der Waals surface area contributed by atoms with Crippen molar-refractivity contribution in [3.8, 4) is 17.3 Å². The molecule has 0 spiro atoms. The second-order valence-corrected chi connectivity index (χ2v) is 7.65. The number of aromatic nitrogens is 2. The SMILES string of the molecule is CCn1nccc1-c1ccc(C[C@@H](C#N)NC(=O)[C@H]2N[C@@H]3CC[C@H]2C3)c(F)c1. The van der Waals surface area contributed by atoms with Crippen molar-refractivity contribution in [3.05, 3.63) is 41.8 Å². The first kappa shape index (κ1) is 18.6. The Morgan fingerprint density at radius 3 is 2.96 bits per heavy atom. The molecule has 0 unspecified atom stereocenters. The van der Waals surface area contributed by atoms with Crippen molar-refractivity contribution in [2.75, 3.05) is 0 Å². The van der Waals surface area contributed by atoms with E-state index in [1.165, 1.54) is 6.07 Å². The van der Waals surface area contributed by atoms with Crippen LogP contribution in [0.1, 0.15) is 31.7 Å². The van der Waals surface area contributed by atoms with Gasteiger partial charge in [0.1, 0.15) is 11.9 Å². The topological polar surface area (TPSA) is 82.7 Å². The summed E-state index contributed by atoms with van der Waals surface area (Å²) in [5.74, 6) is -0.180. The summed E-state index contributed by atoms with van der Waals surface area (Å²) in [7, 11) is 0. The van der Waals surface area contributed by atoms with E-state index in [0.29, 0.717) is 24.1 Å². The largest absolute Gasteiger partial charge is 0.339 e. The van der Waals surface area contributed by atoms with E-state index in [0.717, 1.165) is 30.5 Å². The number of benzene rings is 1. The van der Waals surface area contributed by atoms with Crippen LogP contribution < -0.4 is 10.6 Å². The summed E-state index contributed by atoms with van der Waals surface area (Å²) >= 11 is 0. The molecule has 4 rings (SSSR count). The van der Waals surface area contributed by atoms with Crippen molar-refractivity contribution < 1.29 is 9.18 Å². The molecule has 2 bridgehead atoms. The maximum Gasteiger partial charge on any atom is 0.238 e. The van der Waals surface area contributed by atoms with Gasteiger partial charge in [-0.05, 0) is 49.8 Å². The highest BCUT2D eigenvalue weighted by atomic mass is 19.1. The monoisotopic (exact) mass is 381 g/mol. The molecule has 1 aromatic carbocycles. The van der Waals surface area contributed by atoms with E-state index >= 15 is 0 Å². The molecule has 1 amide bonds. The Kier molecular flexibility index (Phi) is 5.14. The highest BCUT2D eigenvalue weighted by molar-refractivity contribution is 5.83. The fraction of sp³-hybridized carbons (Fsp3) is 0.476. The predicted molar refractivity (Wildman–Crippen MR) is 103 cm³/mol. The van der Waals surface area contributed by atoms with Gasteiger partial charge in [-0.15, -0.1) is 0 Å². The van der Waals surface area contributed by atoms with Gasteiger partial charge in [-0.2, -0.15) is 10.4 Å². The van der Waals surface area contributed by atoms with E-state index < -0.39 is 6.04 Å². The number of carbonyl (C=O) groups excluding carboxylic acids is 1. The average Bonchev–Trinajstić information content (AvgIpc) is 3.45. The molecule has 2 fully saturated rings. The summed E-state index contributed by atoms with van der Waals surface area (Å²) in [4.78, 5) is 12.5. The second kappa shape index (κ2) is 7.72. The van der Waals surface area contributed by atoms with Gasteiger partial charge in [-0.1, -0.05) is 12.1 Å². The second-order valence-electron chi connectivity index (χ2n) is 7.65. The molecule has 1 aliphatic carbocycles. The van der Waals surface area contributed by atoms with E-state index in [1.54, 1.807) is 16.9 Å². The number of carbonyl (C=O) groups is 1. The van der Waals surface area contributed by atoms with E-state index in [-0.39, 0.29) is 24.2 Å². The fourth-order valence-corrected chi connectivity index (χ4v) is 4.46. The van der Waals surface area contributed by atoms with Crippen LogP contribution in [0.4, 0.5) is 4.39 Å². The van der Waals surface area contributed by atoms with Gasteiger partial charge >= 0.3 is 0 Å². The van der Waals surface area contributed by atoms with Crippen LogP contribution in [0.2, 0.25) is 0 Å². The molecule has 2 N–H and O–H groups in total. The van der Waals surface area contributed by atoms with E-state index in [1.807, 2.05) is 19.1 Å². The van der Waals surface area contributed by atoms with Crippen molar-refractivity contribution in [1.82, 2.24) is 20.4 Å². The zero-order valence-electron chi connectivity index (χ0n) is 15.9. The van der Waals surface area contributed by atoms with Crippen LogP contribution in [0.15, 0.2) is 30.5 Å². The number of nitriles is 1. The van der Waals surface area contributed by atoms with Crippen molar-refractivity contribution in [2.24, 2.45) is 5.92 Å². The summed E-state index contributed by atoms with van der Waals surface area (Å²) in [6, 6.07) is 8.36. The smallest absolute Gasteiger partial charge is 0.238 e. The molecule has 28 heavy (non-hydrogen) atoms. The minimum Gasteiger partial charge on any atom is -0.339 e. The lowest BCUT2D eigenvalue weighted by molar-refractivity contribution is -0.124. The van der Waals surface area contributed by atoms with Crippen LogP contribution in [-0.2, 0) is 17.8 Å². The van der Waals surface area contributed by atoms with Gasteiger partial charge in [0.05, 0.1) is 17.8 Å². The number of fused-ring (bicyclic) bond motifs is 2. The molecule has 1 saturated carbocycles. The number of nitrogens with zero attached hydrogens (tertiary/aromatic N) is 3. The Morgan fingerprint density at radius 1 is 1.46 bits per heavy atom. The summed E-state index contributed by atoms with van der Waals surface area (Å²) < 4.78 is 16.5. The summed E-state index contributed by atoms with van der Waals surface area (Å²) in [6.07, 6.45) is 5.03. The number of amides is 1. The standard InChI is InChI=1S/C21H24FN5O/c1-2-27-19(7-8-24-27)14-4-3-13(18(22)11-14)9-17(12-23)26-21(28)20-15-5-6-16(10-15)25-20/h3-4,7-8,11,15-17,20,25H,2,5-6,9-10H2,1H3,(H,26,28)/t15-,16+,17-,20-/m0/s1. The zero-order valence-corrected chi connectivity index (χ0v) is 15.9. The van der Waals surface area contributed by atoms with Crippen molar-refractivity contribution in [1.29, 1.82) is 5.26 Å². The van der Waals surface area contributed by atoms with Crippen LogP contribution in [0, 0.1) is 23.1 Å². The quantitative estimate of drug-likeness (QED) is 0.805. The van der Waals surface area contributed by atoms with Crippen molar-refractivity contribution in [3.63, 3.8) is 0 Å². The molecule has 2 aliphatic rings. The van der Waals surface area contributed by atoms with Crippen molar-refractivity contribution >= 4 is 5.91 Å². The molecule has 4 atom stereocenters. The maximum absolute atomic E-state index is 14.7. The van der Waals surface area contributed by atoms with Crippen LogP contribution >= 0.6 is 0 Å². The minimum atomic E-state index is -0.755. The Balaban J connectivity index is 1.43. The van der Waals surface area contributed by atoms with Crippen LogP contribution in [0.3, 0.4) is 0 Å². The summed E-state index contributed by atoms with van der Waals surface area (Å²) in [5, 5.41) is 19.8. The Labute approximate surface area is 163 Å². The number of hydrogen-bond donors (Lipinski definition) is 2. The highest BCUT2D eigenvalue weighted by Crippen LogP contribution is 2.35. The zero-order chi connectivity index (χ0) is 19.7. The van der Waals surface area contributed by atoms with E-state index in [2.05, 4.69) is 21.8 Å². The molecular weight excluding hydrogens is 357 g/mol. The first-order valence-corrected chi connectivity index (χ1v) is 9.85. The van der Waals surface area contributed by atoms with Crippen LogP contribution in [-0.4, -0.2) is 33.8 Å². The molecular formula is C21H24FN5O. The van der Waals surface area contributed by atoms with E-state index in [4.69, 9.17) is 0 Å². The number of rotatable bonds is 6. The molecule has 0 radical (unpaired) electrons. The summed E-state index contributed by atoms with van der Waals surface area (Å²) in [5.41, 5.74) is 2.00. The van der Waals surface area contributed by atoms with Gasteiger partial charge in [0.15, 0.2) is 0 Å². The minimum absolute atomic E-state index is 0.141. The molecule has 2 heterocycles. The number of piperidine rings is 1.